The Hall–Kier alpha value is -0.380. The summed E-state index contributed by atoms with van der Waals surface area (Å²) in [6, 6.07) is 0.534. The molecule has 1 rings (SSSR count). The van der Waals surface area contributed by atoms with E-state index in [1.54, 1.807) is 0 Å². The second-order valence-corrected chi connectivity index (χ2v) is 3.26. The van der Waals surface area contributed by atoms with Gasteiger partial charge in [-0.05, 0) is 19.3 Å². The van der Waals surface area contributed by atoms with Crippen molar-refractivity contribution < 1.29 is 9.84 Å². The summed E-state index contributed by atoms with van der Waals surface area (Å²) in [5.74, 6) is 0. The summed E-state index contributed by atoms with van der Waals surface area (Å²) in [7, 11) is 0. The van der Waals surface area contributed by atoms with Crippen LogP contribution in [0.15, 0.2) is 12.2 Å². The van der Waals surface area contributed by atoms with E-state index in [-0.39, 0.29) is 6.61 Å². The number of allylic oxidation sites excluding steroid dienone is 1. The van der Waals surface area contributed by atoms with Crippen LogP contribution in [-0.4, -0.2) is 37.5 Å². The van der Waals surface area contributed by atoms with Crippen molar-refractivity contribution in [3.8, 4) is 0 Å². The zero-order chi connectivity index (χ0) is 9.36. The van der Waals surface area contributed by atoms with Gasteiger partial charge >= 0.3 is 0 Å². The first-order valence-electron chi connectivity index (χ1n) is 5.02. The van der Waals surface area contributed by atoms with Gasteiger partial charge in [0.05, 0.1) is 19.8 Å². The van der Waals surface area contributed by atoms with Crippen LogP contribution in [0.25, 0.3) is 0 Å². The molecule has 76 valence electrons. The van der Waals surface area contributed by atoms with E-state index < -0.39 is 0 Å². The van der Waals surface area contributed by atoms with Gasteiger partial charge in [-0.3, -0.25) is 0 Å². The Morgan fingerprint density at radius 2 is 2.38 bits per heavy atom. The highest BCUT2D eigenvalue weighted by molar-refractivity contribution is 4.97. The van der Waals surface area contributed by atoms with Crippen LogP contribution in [0, 0.1) is 0 Å². The Bertz CT molecular complexity index is 148. The molecule has 0 aromatic carbocycles. The summed E-state index contributed by atoms with van der Waals surface area (Å²) in [6.07, 6.45) is 8.20. The van der Waals surface area contributed by atoms with Crippen LogP contribution >= 0.6 is 0 Å². The molecule has 0 spiro atoms. The van der Waals surface area contributed by atoms with E-state index in [0.29, 0.717) is 19.3 Å². The summed E-state index contributed by atoms with van der Waals surface area (Å²) in [6.45, 7) is 2.12. The molecule has 13 heavy (non-hydrogen) atoms. The Balaban J connectivity index is 1.92. The minimum Gasteiger partial charge on any atom is -0.394 e. The van der Waals surface area contributed by atoms with Crippen molar-refractivity contribution in [2.45, 2.75) is 25.3 Å². The fourth-order valence-electron chi connectivity index (χ4n) is 1.47. The maximum absolute atomic E-state index is 8.46. The minimum absolute atomic E-state index is 0.114. The van der Waals surface area contributed by atoms with Crippen LogP contribution in [0.5, 0.6) is 0 Å². The molecule has 0 saturated heterocycles. The number of hydrogen-bond acceptors (Lipinski definition) is 3. The maximum atomic E-state index is 8.46. The molecule has 0 radical (unpaired) electrons. The molecule has 1 atom stereocenters. The van der Waals surface area contributed by atoms with E-state index in [2.05, 4.69) is 17.5 Å². The number of nitrogens with one attached hydrogen (secondary N) is 1. The second kappa shape index (κ2) is 7.06. The van der Waals surface area contributed by atoms with E-state index >= 15 is 0 Å². The summed E-state index contributed by atoms with van der Waals surface area (Å²) < 4.78 is 5.14. The van der Waals surface area contributed by atoms with Crippen LogP contribution in [-0.2, 0) is 4.74 Å². The largest absolute Gasteiger partial charge is 0.394 e. The summed E-state index contributed by atoms with van der Waals surface area (Å²) in [5.41, 5.74) is 0. The lowest BCUT2D eigenvalue weighted by Gasteiger charge is -2.17. The van der Waals surface area contributed by atoms with E-state index in [1.165, 1.54) is 19.3 Å². The molecule has 1 aliphatic carbocycles. The molecule has 1 unspecified atom stereocenters. The first kappa shape index (κ1) is 10.7. The number of hydrogen-bond donors (Lipinski definition) is 2. The molecule has 2 N–H and O–H groups in total. The number of ether oxygens (including phenoxy) is 1. The molecular formula is C10H19NO2. The molecule has 0 amide bonds. The van der Waals surface area contributed by atoms with Crippen molar-refractivity contribution in [1.82, 2.24) is 5.32 Å². The predicted octanol–water partition coefficient (Wildman–Crippen LogP) is 0.694. The first-order valence-corrected chi connectivity index (χ1v) is 5.02. The van der Waals surface area contributed by atoms with Crippen molar-refractivity contribution in [2.24, 2.45) is 0 Å². The maximum Gasteiger partial charge on any atom is 0.0698 e. The Kier molecular flexibility index (Phi) is 5.81. The average Bonchev–Trinajstić information content (AvgIpc) is 2.19. The number of aliphatic hydroxyl groups is 1. The van der Waals surface area contributed by atoms with Crippen LogP contribution in [0.4, 0.5) is 0 Å². The van der Waals surface area contributed by atoms with Gasteiger partial charge < -0.3 is 15.2 Å². The molecule has 0 saturated carbocycles. The van der Waals surface area contributed by atoms with Crippen LogP contribution in [0.3, 0.4) is 0 Å². The molecule has 0 aromatic heterocycles. The van der Waals surface area contributed by atoms with E-state index in [4.69, 9.17) is 9.84 Å². The third kappa shape index (κ3) is 5.03. The van der Waals surface area contributed by atoms with Crippen molar-refractivity contribution >= 4 is 0 Å². The standard InChI is InChI=1S/C10H19NO2/c12-7-9-13-8-6-11-10-4-2-1-3-5-10/h2,4,10-12H,1,3,5-9H2. The lowest BCUT2D eigenvalue weighted by atomic mass is 10.0. The highest BCUT2D eigenvalue weighted by Crippen LogP contribution is 2.09. The van der Waals surface area contributed by atoms with E-state index in [1.807, 2.05) is 0 Å². The van der Waals surface area contributed by atoms with Crippen molar-refractivity contribution in [2.75, 3.05) is 26.4 Å². The zero-order valence-corrected chi connectivity index (χ0v) is 8.04. The molecular weight excluding hydrogens is 166 g/mol. The minimum atomic E-state index is 0.114. The van der Waals surface area contributed by atoms with Gasteiger partial charge in [0.15, 0.2) is 0 Å². The highest BCUT2D eigenvalue weighted by atomic mass is 16.5. The van der Waals surface area contributed by atoms with Crippen LogP contribution in [0.1, 0.15) is 19.3 Å². The van der Waals surface area contributed by atoms with E-state index in [9.17, 15) is 0 Å². The highest BCUT2D eigenvalue weighted by Gasteiger charge is 2.05. The van der Waals surface area contributed by atoms with Gasteiger partial charge in [-0.15, -0.1) is 0 Å². The third-order valence-electron chi connectivity index (χ3n) is 2.14. The topological polar surface area (TPSA) is 41.5 Å². The SMILES string of the molecule is OCCOCCNC1C=CCCC1. The van der Waals surface area contributed by atoms with Crippen molar-refractivity contribution in [3.63, 3.8) is 0 Å². The van der Waals surface area contributed by atoms with Gasteiger partial charge in [-0.25, -0.2) is 0 Å². The Labute approximate surface area is 79.8 Å². The van der Waals surface area contributed by atoms with Gasteiger partial charge in [0, 0.05) is 12.6 Å². The smallest absolute Gasteiger partial charge is 0.0698 e. The third-order valence-corrected chi connectivity index (χ3v) is 2.14. The van der Waals surface area contributed by atoms with Gasteiger partial charge in [0.25, 0.3) is 0 Å². The Morgan fingerprint density at radius 3 is 3.08 bits per heavy atom. The molecule has 0 fully saturated rings. The lowest BCUT2D eigenvalue weighted by Crippen LogP contribution is -2.31. The van der Waals surface area contributed by atoms with Crippen molar-refractivity contribution in [3.05, 3.63) is 12.2 Å². The molecule has 0 heterocycles. The number of aliphatic hydroxyl groups excluding tert-OH is 1. The molecule has 0 bridgehead atoms. The molecule has 1 aliphatic rings. The normalized spacial score (nSPS) is 22.1. The Morgan fingerprint density at radius 1 is 1.46 bits per heavy atom. The monoisotopic (exact) mass is 185 g/mol. The van der Waals surface area contributed by atoms with Gasteiger partial charge in [0.2, 0.25) is 0 Å². The van der Waals surface area contributed by atoms with Gasteiger partial charge in [-0.1, -0.05) is 12.2 Å². The summed E-state index contributed by atoms with van der Waals surface area (Å²) in [4.78, 5) is 0. The van der Waals surface area contributed by atoms with Crippen LogP contribution < -0.4 is 5.32 Å². The molecule has 0 aromatic rings. The fraction of sp³-hybridized carbons (Fsp3) is 0.800. The molecule has 3 heteroatoms. The van der Waals surface area contributed by atoms with Crippen molar-refractivity contribution in [1.29, 1.82) is 0 Å². The zero-order valence-electron chi connectivity index (χ0n) is 8.04. The summed E-state index contributed by atoms with van der Waals surface area (Å²) in [5, 5.41) is 11.8. The van der Waals surface area contributed by atoms with Gasteiger partial charge in [0.1, 0.15) is 0 Å². The lowest BCUT2D eigenvalue weighted by molar-refractivity contribution is 0.0930. The van der Waals surface area contributed by atoms with E-state index in [0.717, 1.165) is 6.54 Å². The predicted molar refractivity (Wildman–Crippen MR) is 52.7 cm³/mol. The van der Waals surface area contributed by atoms with Gasteiger partial charge in [-0.2, -0.15) is 0 Å². The number of rotatable bonds is 6. The molecule has 0 aliphatic heterocycles. The fourth-order valence-corrected chi connectivity index (χ4v) is 1.47. The summed E-state index contributed by atoms with van der Waals surface area (Å²) >= 11 is 0. The first-order chi connectivity index (χ1) is 6.43. The quantitative estimate of drug-likeness (QED) is 0.472. The second-order valence-electron chi connectivity index (χ2n) is 3.26. The molecule has 3 nitrogen and oxygen atoms in total. The van der Waals surface area contributed by atoms with Crippen LogP contribution in [0.2, 0.25) is 0 Å². The average molecular weight is 185 g/mol.